The van der Waals surface area contributed by atoms with Gasteiger partial charge in [0.2, 0.25) is 0 Å². The van der Waals surface area contributed by atoms with Gasteiger partial charge in [-0.2, -0.15) is 0 Å². The molecule has 2 aromatic rings. The van der Waals surface area contributed by atoms with E-state index in [4.69, 9.17) is 14.5 Å². The van der Waals surface area contributed by atoms with E-state index >= 15 is 0 Å². The Morgan fingerprint density at radius 1 is 0.892 bits per heavy atom. The molecule has 3 atom stereocenters. The van der Waals surface area contributed by atoms with Crippen molar-refractivity contribution in [2.45, 2.75) is 64.0 Å². The van der Waals surface area contributed by atoms with E-state index in [1.807, 2.05) is 12.3 Å². The number of halogens is 1. The Bertz CT molecular complexity index is 986. The molecule has 1 aromatic heterocycles. The first kappa shape index (κ1) is 26.2. The Balaban J connectivity index is 1.34. The Hall–Kier alpha value is -2.38. The van der Waals surface area contributed by atoms with Gasteiger partial charge >= 0.3 is 0 Å². The third-order valence-electron chi connectivity index (χ3n) is 8.21. The Labute approximate surface area is 221 Å². The summed E-state index contributed by atoms with van der Waals surface area (Å²) in [5.41, 5.74) is 2.28. The van der Waals surface area contributed by atoms with Gasteiger partial charge in [0.05, 0.1) is 25.3 Å². The first-order valence-corrected chi connectivity index (χ1v) is 14.4. The number of pyridine rings is 1. The largest absolute Gasteiger partial charge is 0.379 e. The normalized spacial score (nSPS) is 23.9. The summed E-state index contributed by atoms with van der Waals surface area (Å²) in [7, 11) is 0. The fourth-order valence-electron chi connectivity index (χ4n) is 6.50. The van der Waals surface area contributed by atoms with Crippen LogP contribution in [-0.2, 0) is 9.47 Å². The summed E-state index contributed by atoms with van der Waals surface area (Å²) in [6.45, 7) is 9.09. The molecule has 3 unspecified atom stereocenters. The lowest BCUT2D eigenvalue weighted by Gasteiger charge is -2.43. The highest BCUT2D eigenvalue weighted by Crippen LogP contribution is 2.41. The fraction of sp³-hybridized carbons (Fsp3) is 0.633. The van der Waals surface area contributed by atoms with Gasteiger partial charge in [0, 0.05) is 68.9 Å². The zero-order chi connectivity index (χ0) is 25.5. The lowest BCUT2D eigenvalue weighted by Crippen LogP contribution is -2.52. The maximum Gasteiger partial charge on any atom is 0.130 e. The van der Waals surface area contributed by atoms with Crippen LogP contribution in [0, 0.1) is 11.7 Å². The average Bonchev–Trinajstić information content (AvgIpc) is 3.32. The Morgan fingerprint density at radius 3 is 2.54 bits per heavy atom. The van der Waals surface area contributed by atoms with E-state index in [0.717, 1.165) is 76.6 Å². The van der Waals surface area contributed by atoms with Gasteiger partial charge < -0.3 is 24.2 Å². The van der Waals surface area contributed by atoms with Crippen LogP contribution in [0.25, 0.3) is 0 Å². The highest BCUT2D eigenvalue weighted by molar-refractivity contribution is 5.58. The lowest BCUT2D eigenvalue weighted by molar-refractivity contribution is 0.0428. The van der Waals surface area contributed by atoms with Crippen LogP contribution < -0.4 is 14.7 Å². The molecular weight excluding hydrogens is 467 g/mol. The van der Waals surface area contributed by atoms with Crippen molar-refractivity contribution < 1.29 is 13.9 Å². The number of piperidine rings is 2. The molecule has 0 bridgehead atoms. The number of fused-ring (bicyclic) bond motifs is 1. The third kappa shape index (κ3) is 6.37. The molecule has 3 saturated heterocycles. The van der Waals surface area contributed by atoms with Crippen LogP contribution in [0.3, 0.4) is 0 Å². The highest BCUT2D eigenvalue weighted by Gasteiger charge is 2.47. The number of anilines is 3. The second kappa shape index (κ2) is 12.9. The summed E-state index contributed by atoms with van der Waals surface area (Å²) in [6.07, 6.45) is 10.1. The number of rotatable bonds is 11. The summed E-state index contributed by atoms with van der Waals surface area (Å²) in [6, 6.07) is 12.3. The van der Waals surface area contributed by atoms with Crippen molar-refractivity contribution in [3.8, 4) is 0 Å². The molecule has 3 fully saturated rings. The molecule has 1 aromatic carbocycles. The van der Waals surface area contributed by atoms with Crippen LogP contribution in [0.15, 0.2) is 42.6 Å². The molecule has 6 nitrogen and oxygen atoms in total. The van der Waals surface area contributed by atoms with Gasteiger partial charge in [-0.25, -0.2) is 9.37 Å². The lowest BCUT2D eigenvalue weighted by atomic mass is 9.88. The van der Waals surface area contributed by atoms with Crippen molar-refractivity contribution >= 4 is 17.2 Å². The minimum atomic E-state index is -0.169. The van der Waals surface area contributed by atoms with Crippen molar-refractivity contribution in [3.05, 3.63) is 48.4 Å². The number of hydrogen-bond acceptors (Lipinski definition) is 6. The number of ether oxygens (including phenoxy) is 2. The van der Waals surface area contributed by atoms with Crippen molar-refractivity contribution in [2.75, 3.05) is 67.3 Å². The molecule has 3 aliphatic rings. The molecule has 7 heteroatoms. The van der Waals surface area contributed by atoms with Crippen molar-refractivity contribution in [1.82, 2.24) is 4.98 Å². The standard InChI is InChI=1S/C30H43FN4O2/c1-2-17-36-19-20-37-18-12-24-23-35(29-22-26(11-13-32-29)33-14-4-3-5-15-33)28-10-7-16-34(30(24)28)27-9-6-8-25(31)21-27/h6,8-9,11,13,21-22,24,28,30H,2-5,7,10,12,14-20,23H2,1H3. The second-order valence-corrected chi connectivity index (χ2v) is 10.7. The topological polar surface area (TPSA) is 41.1 Å². The van der Waals surface area contributed by atoms with Gasteiger partial charge in [-0.3, -0.25) is 0 Å². The number of hydrogen-bond donors (Lipinski definition) is 0. The SMILES string of the molecule is CCCOCCOCCC1CN(c2cc(N3CCCCC3)ccn2)C2CCCN(c3cccc(F)c3)C12. The fourth-order valence-corrected chi connectivity index (χ4v) is 6.50. The van der Waals surface area contributed by atoms with Crippen LogP contribution >= 0.6 is 0 Å². The van der Waals surface area contributed by atoms with Crippen molar-refractivity contribution in [3.63, 3.8) is 0 Å². The Morgan fingerprint density at radius 2 is 1.73 bits per heavy atom. The first-order chi connectivity index (χ1) is 18.2. The monoisotopic (exact) mass is 510 g/mol. The number of aromatic nitrogens is 1. The summed E-state index contributed by atoms with van der Waals surface area (Å²) < 4.78 is 25.8. The van der Waals surface area contributed by atoms with Gasteiger partial charge in [-0.1, -0.05) is 13.0 Å². The van der Waals surface area contributed by atoms with Gasteiger partial charge in [0.25, 0.3) is 0 Å². The van der Waals surface area contributed by atoms with Crippen molar-refractivity contribution in [2.24, 2.45) is 5.92 Å². The highest BCUT2D eigenvalue weighted by atomic mass is 19.1. The summed E-state index contributed by atoms with van der Waals surface area (Å²) in [4.78, 5) is 12.4. The minimum Gasteiger partial charge on any atom is -0.379 e. The molecule has 37 heavy (non-hydrogen) atoms. The molecule has 5 rings (SSSR count). The predicted molar refractivity (Wildman–Crippen MR) is 148 cm³/mol. The number of nitrogens with zero attached hydrogens (tertiary/aromatic N) is 4. The van der Waals surface area contributed by atoms with E-state index in [0.29, 0.717) is 31.2 Å². The van der Waals surface area contributed by atoms with E-state index in [2.05, 4.69) is 39.8 Å². The summed E-state index contributed by atoms with van der Waals surface area (Å²) in [5.74, 6) is 1.33. The molecule has 0 saturated carbocycles. The maximum atomic E-state index is 14.2. The van der Waals surface area contributed by atoms with Gasteiger partial charge in [-0.05, 0) is 69.2 Å². The first-order valence-electron chi connectivity index (χ1n) is 14.4. The van der Waals surface area contributed by atoms with Gasteiger partial charge in [-0.15, -0.1) is 0 Å². The zero-order valence-electron chi connectivity index (χ0n) is 22.4. The summed E-state index contributed by atoms with van der Waals surface area (Å²) in [5, 5.41) is 0. The molecule has 4 heterocycles. The number of benzene rings is 1. The third-order valence-corrected chi connectivity index (χ3v) is 8.21. The maximum absolute atomic E-state index is 14.2. The van der Waals surface area contributed by atoms with E-state index in [-0.39, 0.29) is 5.82 Å². The molecule has 0 amide bonds. The molecule has 0 spiro atoms. The van der Waals surface area contributed by atoms with Gasteiger partial charge in [0.15, 0.2) is 0 Å². The van der Waals surface area contributed by atoms with E-state index in [1.165, 1.54) is 31.0 Å². The van der Waals surface area contributed by atoms with E-state index in [9.17, 15) is 4.39 Å². The Kier molecular flexibility index (Phi) is 9.16. The average molecular weight is 511 g/mol. The van der Waals surface area contributed by atoms with Gasteiger partial charge in [0.1, 0.15) is 11.6 Å². The quantitative estimate of drug-likeness (QED) is 0.371. The van der Waals surface area contributed by atoms with Crippen LogP contribution in [0.1, 0.15) is 51.9 Å². The van der Waals surface area contributed by atoms with E-state index in [1.54, 1.807) is 6.07 Å². The molecule has 0 aliphatic carbocycles. The van der Waals surface area contributed by atoms with E-state index < -0.39 is 0 Å². The van der Waals surface area contributed by atoms with Crippen LogP contribution in [0.5, 0.6) is 0 Å². The smallest absolute Gasteiger partial charge is 0.130 e. The molecular formula is C30H43FN4O2. The molecule has 0 N–H and O–H groups in total. The van der Waals surface area contributed by atoms with Crippen molar-refractivity contribution in [1.29, 1.82) is 0 Å². The summed E-state index contributed by atoms with van der Waals surface area (Å²) >= 11 is 0. The minimum absolute atomic E-state index is 0.169. The molecule has 3 aliphatic heterocycles. The van der Waals surface area contributed by atoms with Crippen LogP contribution in [0.4, 0.5) is 21.6 Å². The molecule has 0 radical (unpaired) electrons. The second-order valence-electron chi connectivity index (χ2n) is 10.7. The predicted octanol–water partition coefficient (Wildman–Crippen LogP) is 5.52. The van der Waals surface area contributed by atoms with Crippen LogP contribution in [0.2, 0.25) is 0 Å². The zero-order valence-corrected chi connectivity index (χ0v) is 22.4. The van der Waals surface area contributed by atoms with Crippen LogP contribution in [-0.4, -0.2) is 69.7 Å². The molecule has 202 valence electrons.